The topological polar surface area (TPSA) is 70.7 Å². The smallest absolute Gasteiger partial charge is 0.335 e. The molecule has 9 heteroatoms. The van der Waals surface area contributed by atoms with Crippen molar-refractivity contribution in [2.24, 2.45) is 0 Å². The number of nitrogens with zero attached hydrogens (tertiary/aromatic N) is 2. The van der Waals surface area contributed by atoms with Crippen molar-refractivity contribution in [3.63, 3.8) is 0 Å². The van der Waals surface area contributed by atoms with E-state index in [0.717, 1.165) is 12.4 Å². The molecule has 0 aromatic carbocycles. The Labute approximate surface area is 116 Å². The highest BCUT2D eigenvalue weighted by Gasteiger charge is 2.42. The fraction of sp³-hybridized carbons (Fsp3) is 0.182. The molecule has 2 N–H and O–H groups in total. The van der Waals surface area contributed by atoms with E-state index in [-0.39, 0.29) is 16.3 Å². The Bertz CT molecular complexity index is 599. The number of rotatable bonds is 3. The molecule has 1 amide bonds. The van der Waals surface area contributed by atoms with Gasteiger partial charge in [-0.05, 0) is 6.07 Å². The number of hydrogen-bond donors (Lipinski definition) is 2. The number of nitrogens with one attached hydrogen (secondary N) is 2. The Morgan fingerprint density at radius 3 is 2.65 bits per heavy atom. The van der Waals surface area contributed by atoms with Gasteiger partial charge in [0.05, 0.1) is 11.2 Å². The Balaban J connectivity index is 2.26. The molecular weight excluding hydrogens is 297 g/mol. The molecule has 1 atom stereocenters. The molecule has 0 spiro atoms. The average molecular weight is 305 g/mol. The van der Waals surface area contributed by atoms with Crippen LogP contribution >= 0.6 is 11.6 Å². The maximum Gasteiger partial charge on any atom is 0.412 e. The van der Waals surface area contributed by atoms with Crippen LogP contribution in [0.1, 0.15) is 22.1 Å². The normalized spacial score (nSPS) is 13.0. The molecule has 0 aliphatic heterocycles. The van der Waals surface area contributed by atoms with E-state index < -0.39 is 18.1 Å². The summed E-state index contributed by atoms with van der Waals surface area (Å²) >= 11 is 5.63. The molecule has 0 radical (unpaired) electrons. The van der Waals surface area contributed by atoms with Crippen molar-refractivity contribution in [1.29, 1.82) is 0 Å². The third-order valence-electron chi connectivity index (χ3n) is 2.44. The first kappa shape index (κ1) is 14.3. The van der Waals surface area contributed by atoms with Crippen LogP contribution in [0.5, 0.6) is 0 Å². The highest BCUT2D eigenvalue weighted by molar-refractivity contribution is 6.33. The van der Waals surface area contributed by atoms with Gasteiger partial charge in [0.15, 0.2) is 6.04 Å². The molecule has 1 unspecified atom stereocenters. The van der Waals surface area contributed by atoms with Crippen molar-refractivity contribution >= 4 is 17.5 Å². The summed E-state index contributed by atoms with van der Waals surface area (Å²) in [5, 5.41) is 7.51. The molecule has 106 valence electrons. The van der Waals surface area contributed by atoms with Crippen molar-refractivity contribution in [1.82, 2.24) is 20.5 Å². The summed E-state index contributed by atoms with van der Waals surface area (Å²) in [4.78, 5) is 15.4. The summed E-state index contributed by atoms with van der Waals surface area (Å²) in [6, 6.07) is 0.395. The molecule has 20 heavy (non-hydrogen) atoms. The molecule has 0 fully saturated rings. The van der Waals surface area contributed by atoms with Crippen LogP contribution in [0.3, 0.4) is 0 Å². The Morgan fingerprint density at radius 1 is 1.40 bits per heavy atom. The summed E-state index contributed by atoms with van der Waals surface area (Å²) in [7, 11) is 0. The van der Waals surface area contributed by atoms with Gasteiger partial charge in [0.2, 0.25) is 0 Å². The van der Waals surface area contributed by atoms with Crippen molar-refractivity contribution in [3.05, 3.63) is 47.0 Å². The zero-order valence-corrected chi connectivity index (χ0v) is 10.5. The van der Waals surface area contributed by atoms with Gasteiger partial charge in [-0.25, -0.2) is 0 Å². The van der Waals surface area contributed by atoms with Gasteiger partial charge in [0.1, 0.15) is 5.69 Å². The summed E-state index contributed by atoms with van der Waals surface area (Å²) in [6.07, 6.45) is -1.16. The van der Waals surface area contributed by atoms with Gasteiger partial charge < -0.3 is 5.32 Å². The van der Waals surface area contributed by atoms with Gasteiger partial charge in [0, 0.05) is 18.0 Å². The molecule has 0 bridgehead atoms. The lowest BCUT2D eigenvalue weighted by molar-refractivity contribution is -0.155. The molecule has 5 nitrogen and oxygen atoms in total. The zero-order valence-electron chi connectivity index (χ0n) is 9.78. The molecule has 2 aromatic rings. The van der Waals surface area contributed by atoms with Gasteiger partial charge in [-0.2, -0.15) is 18.3 Å². The van der Waals surface area contributed by atoms with Crippen LogP contribution in [-0.4, -0.2) is 27.3 Å². The van der Waals surface area contributed by atoms with Gasteiger partial charge in [-0.1, -0.05) is 17.7 Å². The molecule has 2 heterocycles. The first-order valence-electron chi connectivity index (χ1n) is 5.36. The molecule has 0 saturated heterocycles. The van der Waals surface area contributed by atoms with Crippen molar-refractivity contribution in [2.75, 3.05) is 0 Å². The number of amides is 1. The predicted octanol–water partition coefficient (Wildman–Crippen LogP) is 2.49. The minimum Gasteiger partial charge on any atom is -0.335 e. The van der Waals surface area contributed by atoms with Crippen LogP contribution in [0.15, 0.2) is 30.7 Å². The third kappa shape index (κ3) is 3.08. The van der Waals surface area contributed by atoms with E-state index in [9.17, 15) is 18.0 Å². The van der Waals surface area contributed by atoms with Crippen molar-refractivity contribution in [2.45, 2.75) is 12.2 Å². The van der Waals surface area contributed by atoms with E-state index in [2.05, 4.69) is 15.2 Å². The fourth-order valence-corrected chi connectivity index (χ4v) is 1.71. The van der Waals surface area contributed by atoms with Gasteiger partial charge in [-0.3, -0.25) is 14.9 Å². The average Bonchev–Trinajstić information content (AvgIpc) is 2.82. The van der Waals surface area contributed by atoms with E-state index in [0.29, 0.717) is 0 Å². The number of aromatic amines is 1. The number of H-pyrrole nitrogens is 1. The summed E-state index contributed by atoms with van der Waals surface area (Å²) in [5.74, 6) is -1.00. The zero-order chi connectivity index (χ0) is 14.8. The van der Waals surface area contributed by atoms with E-state index in [1.807, 2.05) is 5.32 Å². The lowest BCUT2D eigenvalue weighted by atomic mass is 10.1. The van der Waals surface area contributed by atoms with Gasteiger partial charge >= 0.3 is 6.18 Å². The Hall–Kier alpha value is -2.09. The summed E-state index contributed by atoms with van der Waals surface area (Å²) in [5.41, 5.74) is -0.409. The predicted molar refractivity (Wildman–Crippen MR) is 64.1 cm³/mol. The second-order valence-electron chi connectivity index (χ2n) is 3.83. The van der Waals surface area contributed by atoms with Gasteiger partial charge in [0.25, 0.3) is 5.91 Å². The lowest BCUT2D eigenvalue weighted by Gasteiger charge is -2.21. The van der Waals surface area contributed by atoms with E-state index in [1.54, 1.807) is 0 Å². The molecule has 0 aliphatic carbocycles. The monoisotopic (exact) mass is 304 g/mol. The fourth-order valence-electron chi connectivity index (χ4n) is 1.53. The van der Waals surface area contributed by atoms with E-state index in [1.165, 1.54) is 18.3 Å². The summed E-state index contributed by atoms with van der Waals surface area (Å²) in [6.45, 7) is 0. The number of carbonyl (C=O) groups is 1. The Morgan fingerprint density at radius 2 is 2.15 bits per heavy atom. The summed E-state index contributed by atoms with van der Waals surface area (Å²) < 4.78 is 39.0. The molecule has 2 aromatic heterocycles. The number of carbonyl (C=O) groups excluding carboxylic acids is 1. The van der Waals surface area contributed by atoms with Crippen LogP contribution in [0, 0.1) is 0 Å². The SMILES string of the molecule is O=C(NC(c1cccnc1)C(F)(F)F)c1[nH]ncc1Cl. The molecular formula is C11H8ClF3N4O. The minimum absolute atomic E-state index is 0.0605. The highest BCUT2D eigenvalue weighted by Crippen LogP contribution is 2.32. The largest absolute Gasteiger partial charge is 0.412 e. The quantitative estimate of drug-likeness (QED) is 0.915. The van der Waals surface area contributed by atoms with Crippen molar-refractivity contribution < 1.29 is 18.0 Å². The van der Waals surface area contributed by atoms with Crippen molar-refractivity contribution in [3.8, 4) is 0 Å². The van der Waals surface area contributed by atoms with Crippen LogP contribution < -0.4 is 5.32 Å². The second kappa shape index (κ2) is 5.49. The first-order valence-corrected chi connectivity index (χ1v) is 5.73. The number of alkyl halides is 3. The van der Waals surface area contributed by atoms with E-state index >= 15 is 0 Å². The number of halogens is 4. The number of hydrogen-bond acceptors (Lipinski definition) is 3. The van der Waals surface area contributed by atoms with Crippen LogP contribution in [0.25, 0.3) is 0 Å². The van der Waals surface area contributed by atoms with Gasteiger partial charge in [-0.15, -0.1) is 0 Å². The standard InChI is InChI=1S/C11H8ClF3N4O/c12-7-5-17-19-8(7)10(20)18-9(11(13,14)15)6-2-1-3-16-4-6/h1-5,9H,(H,17,19)(H,18,20). The first-order chi connectivity index (χ1) is 9.39. The molecule has 2 rings (SSSR count). The lowest BCUT2D eigenvalue weighted by Crippen LogP contribution is -2.38. The number of aromatic nitrogens is 3. The third-order valence-corrected chi connectivity index (χ3v) is 2.73. The highest BCUT2D eigenvalue weighted by atomic mass is 35.5. The molecule has 0 saturated carbocycles. The van der Waals surface area contributed by atoms with Crippen LogP contribution in [0.4, 0.5) is 13.2 Å². The van der Waals surface area contributed by atoms with E-state index in [4.69, 9.17) is 11.6 Å². The number of pyridine rings is 1. The van der Waals surface area contributed by atoms with Crippen LogP contribution in [0.2, 0.25) is 5.02 Å². The molecule has 0 aliphatic rings. The Kier molecular flexibility index (Phi) is 3.93. The maximum atomic E-state index is 13.0. The maximum absolute atomic E-state index is 13.0. The minimum atomic E-state index is -4.66. The van der Waals surface area contributed by atoms with Crippen LogP contribution in [-0.2, 0) is 0 Å². The second-order valence-corrected chi connectivity index (χ2v) is 4.23.